The summed E-state index contributed by atoms with van der Waals surface area (Å²) in [5.41, 5.74) is 1.06. The molecule has 0 saturated carbocycles. The van der Waals surface area contributed by atoms with E-state index in [0.717, 1.165) is 36.4 Å². The molecule has 0 amide bonds. The third-order valence-electron chi connectivity index (χ3n) is 2.63. The maximum atomic E-state index is 5.67. The zero-order valence-corrected chi connectivity index (χ0v) is 10.9. The summed E-state index contributed by atoms with van der Waals surface area (Å²) in [5, 5.41) is 3.36. The number of nitrogens with one attached hydrogen (secondary N) is 1. The first-order chi connectivity index (χ1) is 7.75. The van der Waals surface area contributed by atoms with Gasteiger partial charge in [0.15, 0.2) is 0 Å². The van der Waals surface area contributed by atoms with E-state index in [1.807, 2.05) is 6.07 Å². The molecule has 1 aliphatic rings. The minimum Gasteiger partial charge on any atom is -0.381 e. The smallest absolute Gasteiger partial charge is 0.0874 e. The zero-order chi connectivity index (χ0) is 11.4. The molecule has 0 spiro atoms. The first-order valence-corrected chi connectivity index (χ1v) is 6.18. The van der Waals surface area contributed by atoms with Gasteiger partial charge in [0.25, 0.3) is 0 Å². The lowest BCUT2D eigenvalue weighted by atomic mass is 10.2. The summed E-state index contributed by atoms with van der Waals surface area (Å²) in [4.78, 5) is 6.31. The minimum atomic E-state index is 0.263. The maximum Gasteiger partial charge on any atom is 0.0874 e. The highest BCUT2D eigenvalue weighted by Gasteiger charge is 2.17. The molecule has 1 aliphatic heterocycles. The number of hydrogen-bond donors (Lipinski definition) is 1. The van der Waals surface area contributed by atoms with Crippen molar-refractivity contribution in [3.8, 4) is 0 Å². The van der Waals surface area contributed by atoms with E-state index in [1.54, 1.807) is 12.4 Å². The van der Waals surface area contributed by atoms with Crippen molar-refractivity contribution in [3.63, 3.8) is 0 Å². The normalized spacial score (nSPS) is 22.0. The van der Waals surface area contributed by atoms with Gasteiger partial charge in [-0.05, 0) is 29.0 Å². The molecule has 1 saturated heterocycles. The summed E-state index contributed by atoms with van der Waals surface area (Å²) in [5.74, 6) is 0. The van der Waals surface area contributed by atoms with Crippen LogP contribution in [0.4, 0.5) is 5.69 Å². The Bertz CT molecular complexity index is 348. The molecule has 16 heavy (non-hydrogen) atoms. The van der Waals surface area contributed by atoms with Gasteiger partial charge in [0.2, 0.25) is 0 Å². The SMILES string of the molecule is CN1CCOC(CNc2ccncc2Br)C1. The first-order valence-electron chi connectivity index (χ1n) is 5.39. The first kappa shape index (κ1) is 11.8. The molecule has 0 radical (unpaired) electrons. The van der Waals surface area contributed by atoms with Crippen molar-refractivity contribution in [2.45, 2.75) is 6.10 Å². The van der Waals surface area contributed by atoms with Gasteiger partial charge in [-0.1, -0.05) is 0 Å². The van der Waals surface area contributed by atoms with Crippen molar-refractivity contribution in [1.82, 2.24) is 9.88 Å². The van der Waals surface area contributed by atoms with E-state index < -0.39 is 0 Å². The lowest BCUT2D eigenvalue weighted by Crippen LogP contribution is -2.43. The van der Waals surface area contributed by atoms with Gasteiger partial charge in [0.05, 0.1) is 22.9 Å². The van der Waals surface area contributed by atoms with E-state index in [1.165, 1.54) is 0 Å². The van der Waals surface area contributed by atoms with Crippen molar-refractivity contribution < 1.29 is 4.74 Å². The topological polar surface area (TPSA) is 37.4 Å². The number of likely N-dealkylation sites (N-methyl/N-ethyl adjacent to an activating group) is 1. The molecule has 4 nitrogen and oxygen atoms in total. The number of morpholine rings is 1. The van der Waals surface area contributed by atoms with Crippen molar-refractivity contribution in [1.29, 1.82) is 0 Å². The second-order valence-electron chi connectivity index (χ2n) is 3.99. The van der Waals surface area contributed by atoms with Gasteiger partial charge in [-0.2, -0.15) is 0 Å². The number of ether oxygens (including phenoxy) is 1. The van der Waals surface area contributed by atoms with Crippen molar-refractivity contribution in [2.24, 2.45) is 0 Å². The molecule has 88 valence electrons. The van der Waals surface area contributed by atoms with Gasteiger partial charge in [-0.25, -0.2) is 0 Å². The molecular formula is C11H16BrN3O. The van der Waals surface area contributed by atoms with Crippen LogP contribution in [0, 0.1) is 0 Å². The highest BCUT2D eigenvalue weighted by atomic mass is 79.9. The molecule has 2 heterocycles. The summed E-state index contributed by atoms with van der Waals surface area (Å²) in [7, 11) is 2.12. The molecule has 0 bridgehead atoms. The largest absolute Gasteiger partial charge is 0.381 e. The summed E-state index contributed by atoms with van der Waals surface area (Å²) >= 11 is 3.46. The van der Waals surface area contributed by atoms with Crippen LogP contribution in [0.1, 0.15) is 0 Å². The third-order valence-corrected chi connectivity index (χ3v) is 3.27. The molecule has 1 N–H and O–H groups in total. The van der Waals surface area contributed by atoms with E-state index >= 15 is 0 Å². The van der Waals surface area contributed by atoms with Gasteiger partial charge >= 0.3 is 0 Å². The van der Waals surface area contributed by atoms with Crippen molar-refractivity contribution in [2.75, 3.05) is 38.6 Å². The van der Waals surface area contributed by atoms with E-state index in [9.17, 15) is 0 Å². The van der Waals surface area contributed by atoms with E-state index in [4.69, 9.17) is 4.74 Å². The van der Waals surface area contributed by atoms with Crippen LogP contribution in [-0.4, -0.2) is 49.3 Å². The Morgan fingerprint density at radius 1 is 1.69 bits per heavy atom. The lowest BCUT2D eigenvalue weighted by Gasteiger charge is -2.30. The summed E-state index contributed by atoms with van der Waals surface area (Å²) in [6.45, 7) is 3.65. The molecule has 5 heteroatoms. The monoisotopic (exact) mass is 285 g/mol. The number of halogens is 1. The summed E-state index contributed by atoms with van der Waals surface area (Å²) in [6, 6.07) is 1.95. The number of pyridine rings is 1. The Morgan fingerprint density at radius 2 is 2.56 bits per heavy atom. The average Bonchev–Trinajstić information content (AvgIpc) is 2.28. The Hall–Kier alpha value is -0.650. The summed E-state index contributed by atoms with van der Waals surface area (Å²) in [6.07, 6.45) is 3.83. The van der Waals surface area contributed by atoms with Crippen molar-refractivity contribution >= 4 is 21.6 Å². The van der Waals surface area contributed by atoms with Gasteiger partial charge in [-0.3, -0.25) is 4.98 Å². The highest BCUT2D eigenvalue weighted by molar-refractivity contribution is 9.10. The van der Waals surface area contributed by atoms with Crippen molar-refractivity contribution in [3.05, 3.63) is 22.9 Å². The standard InChI is InChI=1S/C11H16BrN3O/c1-15-4-5-16-9(8-15)6-14-11-2-3-13-7-10(11)12/h2-3,7,9H,4-6,8H2,1H3,(H,13,14). The Labute approximate surface area is 104 Å². The molecule has 0 aromatic carbocycles. The molecule has 1 atom stereocenters. The number of rotatable bonds is 3. The van der Waals surface area contributed by atoms with Gasteiger partial charge < -0.3 is 15.0 Å². The quantitative estimate of drug-likeness (QED) is 0.915. The molecule has 1 aromatic rings. The van der Waals surface area contributed by atoms with Crippen LogP contribution >= 0.6 is 15.9 Å². The highest BCUT2D eigenvalue weighted by Crippen LogP contribution is 2.20. The second kappa shape index (κ2) is 5.61. The molecule has 2 rings (SSSR count). The van der Waals surface area contributed by atoms with Gasteiger partial charge in [-0.15, -0.1) is 0 Å². The third kappa shape index (κ3) is 3.17. The Balaban J connectivity index is 1.85. The maximum absolute atomic E-state index is 5.67. The molecule has 1 unspecified atom stereocenters. The van der Waals surface area contributed by atoms with E-state index in [-0.39, 0.29) is 6.10 Å². The summed E-state index contributed by atoms with van der Waals surface area (Å²) < 4.78 is 6.66. The predicted octanol–water partition coefficient (Wildman–Crippen LogP) is 1.59. The fourth-order valence-corrected chi connectivity index (χ4v) is 2.12. The van der Waals surface area contributed by atoms with Gasteiger partial charge in [0, 0.05) is 32.0 Å². The molecule has 0 aliphatic carbocycles. The molecular weight excluding hydrogens is 270 g/mol. The fourth-order valence-electron chi connectivity index (χ4n) is 1.73. The Morgan fingerprint density at radius 3 is 3.31 bits per heavy atom. The van der Waals surface area contributed by atoms with Crippen LogP contribution in [-0.2, 0) is 4.74 Å². The zero-order valence-electron chi connectivity index (χ0n) is 9.32. The predicted molar refractivity (Wildman–Crippen MR) is 67.7 cm³/mol. The van der Waals surface area contributed by atoms with Crippen LogP contribution in [0.3, 0.4) is 0 Å². The fraction of sp³-hybridized carbons (Fsp3) is 0.545. The van der Waals surface area contributed by atoms with E-state index in [2.05, 4.69) is 38.2 Å². The van der Waals surface area contributed by atoms with E-state index in [0.29, 0.717) is 0 Å². The number of nitrogens with zero attached hydrogens (tertiary/aromatic N) is 2. The molecule has 1 aromatic heterocycles. The Kier molecular flexibility index (Phi) is 4.15. The van der Waals surface area contributed by atoms with Crippen LogP contribution in [0.5, 0.6) is 0 Å². The lowest BCUT2D eigenvalue weighted by molar-refractivity contribution is -0.0117. The molecule has 1 fully saturated rings. The van der Waals surface area contributed by atoms with Gasteiger partial charge in [0.1, 0.15) is 0 Å². The minimum absolute atomic E-state index is 0.263. The van der Waals surface area contributed by atoms with Crippen LogP contribution < -0.4 is 5.32 Å². The number of anilines is 1. The van der Waals surface area contributed by atoms with Crippen LogP contribution in [0.25, 0.3) is 0 Å². The second-order valence-corrected chi connectivity index (χ2v) is 4.85. The van der Waals surface area contributed by atoms with Crippen LogP contribution in [0.15, 0.2) is 22.9 Å². The number of hydrogen-bond acceptors (Lipinski definition) is 4. The van der Waals surface area contributed by atoms with Crippen LogP contribution in [0.2, 0.25) is 0 Å². The number of aromatic nitrogens is 1. The average molecular weight is 286 g/mol.